The molecule has 0 nitrogen and oxygen atoms in total. The van der Waals surface area contributed by atoms with E-state index in [0.29, 0.717) is 5.92 Å². The van der Waals surface area contributed by atoms with Crippen molar-refractivity contribution in [1.29, 1.82) is 0 Å². The molecule has 62 valence electrons. The third-order valence-electron chi connectivity index (χ3n) is 2.58. The molecule has 0 aromatic carbocycles. The summed E-state index contributed by atoms with van der Waals surface area (Å²) in [6, 6.07) is 0. The van der Waals surface area contributed by atoms with Crippen LogP contribution in [0.25, 0.3) is 0 Å². The van der Waals surface area contributed by atoms with Crippen LogP contribution < -0.4 is 0 Å². The van der Waals surface area contributed by atoms with E-state index in [1.165, 1.54) is 12.8 Å². The Morgan fingerprint density at radius 2 is 2.09 bits per heavy atom. The zero-order valence-corrected chi connectivity index (χ0v) is 8.07. The Hall–Kier alpha value is -0.520. The van der Waals surface area contributed by atoms with Crippen LogP contribution in [-0.4, -0.2) is 0 Å². The molecule has 1 rings (SSSR count). The highest BCUT2D eigenvalue weighted by Crippen LogP contribution is 2.32. The highest BCUT2D eigenvalue weighted by atomic mass is 14.2. The minimum absolute atomic E-state index is 0.707. The summed E-state index contributed by atoms with van der Waals surface area (Å²) in [7, 11) is 0. The minimum atomic E-state index is 0.707. The van der Waals surface area contributed by atoms with Gasteiger partial charge in [0, 0.05) is 0 Å². The van der Waals surface area contributed by atoms with Gasteiger partial charge in [-0.2, -0.15) is 0 Å². The smallest absolute Gasteiger partial charge is 0.0127 e. The van der Waals surface area contributed by atoms with Crippen LogP contribution in [-0.2, 0) is 0 Å². The Bertz CT molecular complexity index is 204. The summed E-state index contributed by atoms with van der Waals surface area (Å²) in [5, 5.41) is 0. The van der Waals surface area contributed by atoms with Crippen LogP contribution in [0, 0.1) is 5.92 Å². The zero-order valence-electron chi connectivity index (χ0n) is 8.07. The van der Waals surface area contributed by atoms with E-state index in [0.717, 1.165) is 0 Å². The first-order chi connectivity index (χ1) is 5.16. The summed E-state index contributed by atoms with van der Waals surface area (Å²) in [6.07, 6.45) is 4.81. The van der Waals surface area contributed by atoms with E-state index in [1.54, 1.807) is 16.7 Å². The Labute approximate surface area is 70.0 Å². The van der Waals surface area contributed by atoms with Gasteiger partial charge < -0.3 is 0 Å². The van der Waals surface area contributed by atoms with Gasteiger partial charge in [-0.1, -0.05) is 32.4 Å². The van der Waals surface area contributed by atoms with Crippen LogP contribution in [0.4, 0.5) is 0 Å². The number of allylic oxidation sites excluding steroid dienone is 4. The number of hydrogen-bond acceptors (Lipinski definition) is 0. The molecule has 0 spiro atoms. The average molecular weight is 150 g/mol. The van der Waals surface area contributed by atoms with E-state index in [1.807, 2.05) is 0 Å². The lowest BCUT2D eigenvalue weighted by molar-refractivity contribution is 0.779. The molecule has 0 radical (unpaired) electrons. The third kappa shape index (κ3) is 1.55. The molecule has 0 aliphatic heterocycles. The van der Waals surface area contributed by atoms with Crippen LogP contribution in [0.5, 0.6) is 0 Å². The second-order valence-electron chi connectivity index (χ2n) is 3.60. The Kier molecular flexibility index (Phi) is 2.53. The van der Waals surface area contributed by atoms with Crippen molar-refractivity contribution in [3.05, 3.63) is 22.8 Å². The van der Waals surface area contributed by atoms with Crippen LogP contribution >= 0.6 is 0 Å². The number of rotatable bonds is 2. The first kappa shape index (κ1) is 8.58. The highest BCUT2D eigenvalue weighted by molar-refractivity contribution is 5.41. The predicted molar refractivity (Wildman–Crippen MR) is 50.5 cm³/mol. The first-order valence-corrected chi connectivity index (χ1v) is 4.55. The lowest BCUT2D eigenvalue weighted by Gasteiger charge is -2.08. The standard InChI is InChI=1S/C11H18/c1-5-10-6-7-11(8(2)3)9(10)4/h7-8H,5-6H2,1-4H3. The number of hydrogen-bond donors (Lipinski definition) is 0. The van der Waals surface area contributed by atoms with Gasteiger partial charge in [-0.25, -0.2) is 0 Å². The predicted octanol–water partition coefficient (Wildman–Crippen LogP) is 3.70. The molecule has 0 saturated heterocycles. The van der Waals surface area contributed by atoms with E-state index in [9.17, 15) is 0 Å². The molecule has 0 aromatic heterocycles. The molecule has 1 aliphatic rings. The topological polar surface area (TPSA) is 0 Å². The molecule has 0 heterocycles. The quantitative estimate of drug-likeness (QED) is 0.563. The van der Waals surface area contributed by atoms with E-state index in [-0.39, 0.29) is 0 Å². The molecule has 0 N–H and O–H groups in total. The highest BCUT2D eigenvalue weighted by Gasteiger charge is 2.14. The molecule has 0 fully saturated rings. The van der Waals surface area contributed by atoms with E-state index >= 15 is 0 Å². The third-order valence-corrected chi connectivity index (χ3v) is 2.58. The summed E-state index contributed by atoms with van der Waals surface area (Å²) in [5.41, 5.74) is 4.76. The van der Waals surface area contributed by atoms with E-state index in [2.05, 4.69) is 33.8 Å². The Morgan fingerprint density at radius 3 is 2.36 bits per heavy atom. The van der Waals surface area contributed by atoms with Crippen LogP contribution in [0.2, 0.25) is 0 Å². The molecule has 1 aliphatic carbocycles. The largest absolute Gasteiger partial charge is 0.0767 e. The second kappa shape index (κ2) is 3.25. The van der Waals surface area contributed by atoms with Gasteiger partial charge in [-0.3, -0.25) is 0 Å². The maximum absolute atomic E-state index is 2.39. The molecule has 0 atom stereocenters. The zero-order chi connectivity index (χ0) is 8.43. The van der Waals surface area contributed by atoms with Crippen molar-refractivity contribution in [3.8, 4) is 0 Å². The Morgan fingerprint density at radius 1 is 1.45 bits per heavy atom. The maximum Gasteiger partial charge on any atom is -0.0127 e. The fourth-order valence-corrected chi connectivity index (χ4v) is 1.82. The van der Waals surface area contributed by atoms with Gasteiger partial charge in [0.05, 0.1) is 0 Å². The summed E-state index contributed by atoms with van der Waals surface area (Å²) < 4.78 is 0. The SMILES string of the molecule is CCC1=C(C)C(C(C)C)=CC1. The minimum Gasteiger partial charge on any atom is -0.0767 e. The van der Waals surface area contributed by atoms with Gasteiger partial charge in [-0.05, 0) is 36.8 Å². The molecule has 0 aromatic rings. The van der Waals surface area contributed by atoms with Crippen LogP contribution in [0.3, 0.4) is 0 Å². The van der Waals surface area contributed by atoms with Crippen LogP contribution in [0.1, 0.15) is 40.5 Å². The fraction of sp³-hybridized carbons (Fsp3) is 0.636. The van der Waals surface area contributed by atoms with Gasteiger partial charge in [0.25, 0.3) is 0 Å². The molecular formula is C11H18. The van der Waals surface area contributed by atoms with Crippen molar-refractivity contribution in [2.24, 2.45) is 5.92 Å². The lowest BCUT2D eigenvalue weighted by Crippen LogP contribution is -1.93. The maximum atomic E-state index is 2.39. The van der Waals surface area contributed by atoms with Crippen molar-refractivity contribution >= 4 is 0 Å². The monoisotopic (exact) mass is 150 g/mol. The van der Waals surface area contributed by atoms with Gasteiger partial charge >= 0.3 is 0 Å². The van der Waals surface area contributed by atoms with Gasteiger partial charge in [0.1, 0.15) is 0 Å². The molecule has 0 amide bonds. The van der Waals surface area contributed by atoms with Gasteiger partial charge in [0.2, 0.25) is 0 Å². The van der Waals surface area contributed by atoms with Crippen molar-refractivity contribution in [1.82, 2.24) is 0 Å². The average Bonchev–Trinajstić information content (AvgIpc) is 2.30. The molecule has 0 unspecified atom stereocenters. The van der Waals surface area contributed by atoms with Gasteiger partial charge in [-0.15, -0.1) is 0 Å². The van der Waals surface area contributed by atoms with E-state index < -0.39 is 0 Å². The van der Waals surface area contributed by atoms with Crippen molar-refractivity contribution in [3.63, 3.8) is 0 Å². The molecule has 0 heteroatoms. The first-order valence-electron chi connectivity index (χ1n) is 4.55. The summed E-state index contributed by atoms with van der Waals surface area (Å²) in [6.45, 7) is 9.05. The molecule has 0 bridgehead atoms. The van der Waals surface area contributed by atoms with Crippen molar-refractivity contribution in [2.75, 3.05) is 0 Å². The Balaban J connectivity index is 2.80. The molecule has 0 saturated carbocycles. The second-order valence-corrected chi connectivity index (χ2v) is 3.60. The summed E-state index contributed by atoms with van der Waals surface area (Å²) in [5.74, 6) is 0.707. The van der Waals surface area contributed by atoms with Gasteiger partial charge in [0.15, 0.2) is 0 Å². The molecular weight excluding hydrogens is 132 g/mol. The summed E-state index contributed by atoms with van der Waals surface area (Å²) in [4.78, 5) is 0. The van der Waals surface area contributed by atoms with Crippen LogP contribution in [0.15, 0.2) is 22.8 Å². The fourth-order valence-electron chi connectivity index (χ4n) is 1.82. The lowest BCUT2D eigenvalue weighted by atomic mass is 9.97. The van der Waals surface area contributed by atoms with Crippen molar-refractivity contribution < 1.29 is 0 Å². The normalized spacial score (nSPS) is 18.1. The van der Waals surface area contributed by atoms with E-state index in [4.69, 9.17) is 0 Å². The van der Waals surface area contributed by atoms with Crippen molar-refractivity contribution in [2.45, 2.75) is 40.5 Å². The molecule has 11 heavy (non-hydrogen) atoms. The summed E-state index contributed by atoms with van der Waals surface area (Å²) >= 11 is 0.